The van der Waals surface area contributed by atoms with Crippen LogP contribution >= 0.6 is 35.7 Å². The summed E-state index contributed by atoms with van der Waals surface area (Å²) in [6.07, 6.45) is 2.47. The Kier molecular flexibility index (Phi) is 7.12. The lowest BCUT2D eigenvalue weighted by Gasteiger charge is -2.18. The van der Waals surface area contributed by atoms with Crippen molar-refractivity contribution in [3.05, 3.63) is 42.0 Å². The van der Waals surface area contributed by atoms with Gasteiger partial charge in [0.05, 0.1) is 6.54 Å². The molecule has 25 heavy (non-hydrogen) atoms. The summed E-state index contributed by atoms with van der Waals surface area (Å²) in [7, 11) is 3.76. The van der Waals surface area contributed by atoms with Crippen LogP contribution in [0.1, 0.15) is 24.5 Å². The molecule has 0 spiro atoms. The molecule has 8 heteroatoms. The lowest BCUT2D eigenvalue weighted by atomic mass is 10.4. The Balaban J connectivity index is 0.00000225. The van der Waals surface area contributed by atoms with E-state index in [1.807, 2.05) is 30.3 Å². The predicted octanol–water partition coefficient (Wildman–Crippen LogP) is 2.73. The first kappa shape index (κ1) is 20.0. The minimum Gasteiger partial charge on any atom is -0.355 e. The fourth-order valence-corrected chi connectivity index (χ4v) is 3.67. The van der Waals surface area contributed by atoms with E-state index < -0.39 is 0 Å². The maximum Gasteiger partial charge on any atom is 0.191 e. The molecule has 6 nitrogen and oxygen atoms in total. The van der Waals surface area contributed by atoms with Crippen LogP contribution in [-0.4, -0.2) is 39.1 Å². The molecule has 0 unspecified atom stereocenters. The summed E-state index contributed by atoms with van der Waals surface area (Å²) in [6.45, 7) is 3.46. The van der Waals surface area contributed by atoms with Gasteiger partial charge in [0.15, 0.2) is 11.8 Å². The van der Waals surface area contributed by atoms with Crippen LogP contribution in [-0.2, 0) is 13.6 Å². The maximum atomic E-state index is 4.31. The van der Waals surface area contributed by atoms with Crippen LogP contribution < -0.4 is 10.6 Å². The fraction of sp³-hybridized carbons (Fsp3) is 0.471. The molecule has 1 fully saturated rings. The van der Waals surface area contributed by atoms with Gasteiger partial charge < -0.3 is 15.2 Å². The molecule has 1 heterocycles. The average Bonchev–Trinajstić information content (AvgIpc) is 3.29. The van der Waals surface area contributed by atoms with Crippen LogP contribution in [0, 0.1) is 6.92 Å². The van der Waals surface area contributed by atoms with E-state index >= 15 is 0 Å². The smallest absolute Gasteiger partial charge is 0.191 e. The van der Waals surface area contributed by atoms with E-state index in [2.05, 4.69) is 56.2 Å². The third-order valence-corrected chi connectivity index (χ3v) is 5.78. The number of halogens is 1. The van der Waals surface area contributed by atoms with Gasteiger partial charge >= 0.3 is 0 Å². The van der Waals surface area contributed by atoms with Gasteiger partial charge in [-0.1, -0.05) is 18.2 Å². The van der Waals surface area contributed by atoms with Crippen LogP contribution in [0.4, 0.5) is 0 Å². The lowest BCUT2D eigenvalue weighted by Crippen LogP contribution is -2.41. The first-order chi connectivity index (χ1) is 11.6. The van der Waals surface area contributed by atoms with Crippen molar-refractivity contribution in [1.29, 1.82) is 0 Å². The summed E-state index contributed by atoms with van der Waals surface area (Å²) >= 11 is 1.96. The highest BCUT2D eigenvalue weighted by Crippen LogP contribution is 2.51. The summed E-state index contributed by atoms with van der Waals surface area (Å²) < 4.78 is 2.27. The number of hydrogen-bond acceptors (Lipinski definition) is 4. The molecule has 0 radical (unpaired) electrons. The van der Waals surface area contributed by atoms with E-state index in [1.54, 1.807) is 7.05 Å². The van der Waals surface area contributed by atoms with Crippen molar-refractivity contribution in [2.24, 2.45) is 12.0 Å². The van der Waals surface area contributed by atoms with Crippen LogP contribution in [0.3, 0.4) is 0 Å². The summed E-state index contributed by atoms with van der Waals surface area (Å²) in [5.74, 6) is 2.61. The molecular formula is C17H25IN6S. The summed E-state index contributed by atoms with van der Waals surface area (Å²) in [5, 5.41) is 15.0. The maximum absolute atomic E-state index is 4.31. The molecule has 0 amide bonds. The van der Waals surface area contributed by atoms with Crippen molar-refractivity contribution in [2.45, 2.75) is 36.0 Å². The SMILES string of the molecule is CN=C(NCc1nnc(C)n1C)NCC1(Sc2ccccc2)CC1.I. The Labute approximate surface area is 170 Å². The Morgan fingerprint density at radius 3 is 2.52 bits per heavy atom. The molecule has 2 aromatic rings. The number of benzene rings is 1. The molecule has 0 aliphatic heterocycles. The second kappa shape index (κ2) is 8.88. The molecule has 1 aliphatic rings. The number of guanidine groups is 1. The number of aliphatic imine (C=N–C) groups is 1. The van der Waals surface area contributed by atoms with Crippen LogP contribution in [0.5, 0.6) is 0 Å². The number of nitrogens with zero attached hydrogens (tertiary/aromatic N) is 4. The minimum atomic E-state index is 0. The second-order valence-electron chi connectivity index (χ2n) is 6.10. The summed E-state index contributed by atoms with van der Waals surface area (Å²) in [6, 6.07) is 10.6. The van der Waals surface area contributed by atoms with Crippen molar-refractivity contribution in [2.75, 3.05) is 13.6 Å². The number of aryl methyl sites for hydroxylation is 1. The van der Waals surface area contributed by atoms with E-state index in [9.17, 15) is 0 Å². The van der Waals surface area contributed by atoms with Crippen LogP contribution in [0.15, 0.2) is 40.2 Å². The van der Waals surface area contributed by atoms with Crippen LogP contribution in [0.25, 0.3) is 0 Å². The minimum absolute atomic E-state index is 0. The van der Waals surface area contributed by atoms with Gasteiger partial charge in [-0.25, -0.2) is 0 Å². The van der Waals surface area contributed by atoms with Gasteiger partial charge in [-0.15, -0.1) is 45.9 Å². The molecule has 2 N–H and O–H groups in total. The van der Waals surface area contributed by atoms with E-state index in [0.717, 1.165) is 24.2 Å². The van der Waals surface area contributed by atoms with Gasteiger partial charge in [-0.05, 0) is 31.9 Å². The zero-order chi connectivity index (χ0) is 17.0. The largest absolute Gasteiger partial charge is 0.355 e. The molecule has 1 aromatic carbocycles. The van der Waals surface area contributed by atoms with Crippen molar-refractivity contribution in [3.8, 4) is 0 Å². The Morgan fingerprint density at radius 1 is 1.24 bits per heavy atom. The summed E-state index contributed by atoms with van der Waals surface area (Å²) in [5.41, 5.74) is 0. The van der Waals surface area contributed by atoms with Gasteiger partial charge in [0.1, 0.15) is 5.82 Å². The average molecular weight is 472 g/mol. The third kappa shape index (κ3) is 5.34. The van der Waals surface area contributed by atoms with E-state index in [4.69, 9.17) is 0 Å². The van der Waals surface area contributed by atoms with Crippen molar-refractivity contribution >= 4 is 41.7 Å². The molecule has 1 aromatic heterocycles. The van der Waals surface area contributed by atoms with Gasteiger partial charge in [0, 0.05) is 30.3 Å². The molecule has 0 atom stereocenters. The van der Waals surface area contributed by atoms with Gasteiger partial charge in [-0.3, -0.25) is 4.99 Å². The second-order valence-corrected chi connectivity index (χ2v) is 7.64. The quantitative estimate of drug-likeness (QED) is 0.385. The molecule has 0 saturated heterocycles. The van der Waals surface area contributed by atoms with E-state index in [1.165, 1.54) is 17.7 Å². The Hall–Kier alpha value is -1.29. The fourth-order valence-electron chi connectivity index (χ4n) is 2.43. The van der Waals surface area contributed by atoms with E-state index in [0.29, 0.717) is 11.3 Å². The number of aromatic nitrogens is 3. The lowest BCUT2D eigenvalue weighted by molar-refractivity contribution is 0.710. The van der Waals surface area contributed by atoms with E-state index in [-0.39, 0.29) is 24.0 Å². The van der Waals surface area contributed by atoms with Gasteiger partial charge in [0.25, 0.3) is 0 Å². The first-order valence-corrected chi connectivity index (χ1v) is 8.97. The highest BCUT2D eigenvalue weighted by molar-refractivity contribution is 14.0. The first-order valence-electron chi connectivity index (χ1n) is 8.15. The number of hydrogen-bond donors (Lipinski definition) is 2. The zero-order valence-electron chi connectivity index (χ0n) is 14.8. The Bertz CT molecular complexity index is 711. The van der Waals surface area contributed by atoms with Crippen molar-refractivity contribution in [1.82, 2.24) is 25.4 Å². The molecular weight excluding hydrogens is 447 g/mol. The topological polar surface area (TPSA) is 67.1 Å². The molecule has 136 valence electrons. The predicted molar refractivity (Wildman–Crippen MR) is 114 cm³/mol. The van der Waals surface area contributed by atoms with Crippen LogP contribution in [0.2, 0.25) is 0 Å². The monoisotopic (exact) mass is 472 g/mol. The zero-order valence-corrected chi connectivity index (χ0v) is 18.0. The number of thioether (sulfide) groups is 1. The van der Waals surface area contributed by atoms with Gasteiger partial charge in [-0.2, -0.15) is 0 Å². The molecule has 1 aliphatic carbocycles. The number of nitrogens with one attached hydrogen (secondary N) is 2. The highest BCUT2D eigenvalue weighted by Gasteiger charge is 2.43. The summed E-state index contributed by atoms with van der Waals surface area (Å²) in [4.78, 5) is 5.63. The Morgan fingerprint density at radius 2 is 1.96 bits per heavy atom. The van der Waals surface area contributed by atoms with Crippen molar-refractivity contribution in [3.63, 3.8) is 0 Å². The third-order valence-electron chi connectivity index (χ3n) is 4.28. The molecule has 0 bridgehead atoms. The molecule has 3 rings (SSSR count). The molecule has 1 saturated carbocycles. The standard InChI is InChI=1S/C17H24N6S.HI/c1-13-21-22-15(23(13)3)11-19-16(18-2)20-12-17(9-10-17)24-14-7-5-4-6-8-14;/h4-8H,9-12H2,1-3H3,(H2,18,19,20);1H. The normalized spacial score (nSPS) is 15.4. The highest BCUT2D eigenvalue weighted by atomic mass is 127. The number of rotatable bonds is 6. The van der Waals surface area contributed by atoms with Crippen molar-refractivity contribution < 1.29 is 0 Å². The van der Waals surface area contributed by atoms with Gasteiger partial charge in [0.2, 0.25) is 0 Å².